The largest absolute Gasteiger partial charge is 0.392 e. The van der Waals surface area contributed by atoms with Crippen LogP contribution in [0.2, 0.25) is 0 Å². The van der Waals surface area contributed by atoms with Gasteiger partial charge in [0.1, 0.15) is 0 Å². The van der Waals surface area contributed by atoms with Crippen molar-refractivity contribution in [2.45, 2.75) is 13.0 Å². The first-order valence-corrected chi connectivity index (χ1v) is 8.09. The van der Waals surface area contributed by atoms with E-state index in [1.165, 1.54) is 0 Å². The van der Waals surface area contributed by atoms with Crippen LogP contribution in [0.25, 0.3) is 5.69 Å². The lowest BCUT2D eigenvalue weighted by molar-refractivity contribution is 0.252. The van der Waals surface area contributed by atoms with Crippen LogP contribution < -0.4 is 10.6 Å². The summed E-state index contributed by atoms with van der Waals surface area (Å²) in [6, 6.07) is 18.8. The highest BCUT2D eigenvalue weighted by Gasteiger charge is 2.05. The fraction of sp³-hybridized carbons (Fsp3) is 0.158. The predicted molar refractivity (Wildman–Crippen MR) is 96.7 cm³/mol. The number of amides is 2. The van der Waals surface area contributed by atoms with E-state index in [9.17, 15) is 4.79 Å². The topological polar surface area (TPSA) is 79.2 Å². The van der Waals surface area contributed by atoms with Gasteiger partial charge in [0.2, 0.25) is 0 Å². The second-order valence-electron chi connectivity index (χ2n) is 5.59. The zero-order valence-electron chi connectivity index (χ0n) is 13.7. The average molecular weight is 336 g/mol. The van der Waals surface area contributed by atoms with Crippen LogP contribution in [0.5, 0.6) is 0 Å². The lowest BCUT2D eigenvalue weighted by Gasteiger charge is -2.06. The summed E-state index contributed by atoms with van der Waals surface area (Å²) < 4.78 is 1.71. The Morgan fingerprint density at radius 2 is 1.72 bits per heavy atom. The van der Waals surface area contributed by atoms with Gasteiger partial charge in [-0.2, -0.15) is 0 Å². The third-order valence-corrected chi connectivity index (χ3v) is 3.76. The number of aromatic nitrogens is 2. The van der Waals surface area contributed by atoms with Gasteiger partial charge in [0, 0.05) is 18.8 Å². The summed E-state index contributed by atoms with van der Waals surface area (Å²) in [6.45, 7) is 0.556. The molecule has 1 heterocycles. The van der Waals surface area contributed by atoms with Crippen molar-refractivity contribution >= 4 is 11.8 Å². The first kappa shape index (κ1) is 16.7. The molecule has 0 unspecified atom stereocenters. The van der Waals surface area contributed by atoms with Crippen molar-refractivity contribution in [2.24, 2.45) is 0 Å². The highest BCUT2D eigenvalue weighted by atomic mass is 16.3. The van der Waals surface area contributed by atoms with E-state index in [1.807, 2.05) is 54.6 Å². The highest BCUT2D eigenvalue weighted by Crippen LogP contribution is 2.09. The third kappa shape index (κ3) is 4.68. The number of urea groups is 1. The van der Waals surface area contributed by atoms with E-state index < -0.39 is 0 Å². The van der Waals surface area contributed by atoms with Crippen LogP contribution in [-0.2, 0) is 13.0 Å². The summed E-state index contributed by atoms with van der Waals surface area (Å²) >= 11 is 0. The van der Waals surface area contributed by atoms with E-state index in [1.54, 1.807) is 16.9 Å². The Hall–Kier alpha value is -3.12. The summed E-state index contributed by atoms with van der Waals surface area (Å²) in [5, 5.41) is 18.9. The Bertz CT molecular complexity index is 813. The number of rotatable bonds is 6. The minimum atomic E-state index is -0.287. The molecule has 0 aliphatic carbocycles. The summed E-state index contributed by atoms with van der Waals surface area (Å²) in [6.07, 6.45) is 2.52. The molecule has 0 aliphatic heterocycles. The molecular weight excluding hydrogens is 316 g/mol. The third-order valence-electron chi connectivity index (χ3n) is 3.76. The molecule has 25 heavy (non-hydrogen) atoms. The van der Waals surface area contributed by atoms with Gasteiger partial charge in [0.05, 0.1) is 12.3 Å². The monoisotopic (exact) mass is 336 g/mol. The van der Waals surface area contributed by atoms with E-state index in [0.717, 1.165) is 23.2 Å². The maximum atomic E-state index is 11.9. The zero-order valence-corrected chi connectivity index (χ0v) is 13.7. The second-order valence-corrected chi connectivity index (χ2v) is 5.59. The van der Waals surface area contributed by atoms with Crippen molar-refractivity contribution in [3.8, 4) is 5.69 Å². The molecule has 0 aliphatic rings. The van der Waals surface area contributed by atoms with Gasteiger partial charge in [0.25, 0.3) is 0 Å². The smallest absolute Gasteiger partial charge is 0.320 e. The van der Waals surface area contributed by atoms with Crippen LogP contribution in [0.15, 0.2) is 66.9 Å². The number of hydrogen-bond donors (Lipinski definition) is 3. The first-order chi connectivity index (χ1) is 12.2. The van der Waals surface area contributed by atoms with Gasteiger partial charge in [-0.1, -0.05) is 42.5 Å². The van der Waals surface area contributed by atoms with Crippen molar-refractivity contribution in [3.63, 3.8) is 0 Å². The standard InChI is InChI=1S/C19H20N4O2/c24-14-16-8-6-15(7-9-16)10-12-20-19(25)21-18-11-13-23(22-18)17-4-2-1-3-5-17/h1-9,11,13,24H,10,12,14H2,(H2,20,21,22,25). The number of carbonyl (C=O) groups is 1. The normalized spacial score (nSPS) is 10.4. The van der Waals surface area contributed by atoms with E-state index in [2.05, 4.69) is 15.7 Å². The summed E-state index contributed by atoms with van der Waals surface area (Å²) in [5.41, 5.74) is 2.91. The molecule has 0 fully saturated rings. The van der Waals surface area contributed by atoms with Crippen LogP contribution in [0.3, 0.4) is 0 Å². The van der Waals surface area contributed by atoms with Gasteiger partial charge in [-0.3, -0.25) is 5.32 Å². The minimum absolute atomic E-state index is 0.0383. The van der Waals surface area contributed by atoms with Crippen molar-refractivity contribution < 1.29 is 9.90 Å². The maximum Gasteiger partial charge on any atom is 0.320 e. The lowest BCUT2D eigenvalue weighted by Crippen LogP contribution is -2.30. The highest BCUT2D eigenvalue weighted by molar-refractivity contribution is 5.88. The molecule has 0 bridgehead atoms. The van der Waals surface area contributed by atoms with Crippen molar-refractivity contribution in [2.75, 3.05) is 11.9 Å². The molecule has 0 saturated carbocycles. The van der Waals surface area contributed by atoms with Crippen LogP contribution >= 0.6 is 0 Å². The van der Waals surface area contributed by atoms with E-state index in [0.29, 0.717) is 12.4 Å². The van der Waals surface area contributed by atoms with Crippen molar-refractivity contribution in [1.82, 2.24) is 15.1 Å². The molecule has 6 heteroatoms. The number of nitrogens with one attached hydrogen (secondary N) is 2. The fourth-order valence-electron chi connectivity index (χ4n) is 2.41. The summed E-state index contributed by atoms with van der Waals surface area (Å²) in [7, 11) is 0. The number of para-hydroxylation sites is 1. The molecule has 0 spiro atoms. The Labute approximate surface area is 146 Å². The SMILES string of the molecule is O=C(NCCc1ccc(CO)cc1)Nc1ccn(-c2ccccc2)n1. The average Bonchev–Trinajstić information content (AvgIpc) is 3.11. The Kier molecular flexibility index (Phi) is 5.43. The van der Waals surface area contributed by atoms with Gasteiger partial charge >= 0.3 is 6.03 Å². The van der Waals surface area contributed by atoms with E-state index >= 15 is 0 Å². The Morgan fingerprint density at radius 3 is 2.44 bits per heavy atom. The first-order valence-electron chi connectivity index (χ1n) is 8.09. The van der Waals surface area contributed by atoms with Crippen LogP contribution in [0.1, 0.15) is 11.1 Å². The van der Waals surface area contributed by atoms with Gasteiger partial charge in [-0.25, -0.2) is 9.48 Å². The molecule has 0 saturated heterocycles. The van der Waals surface area contributed by atoms with Crippen molar-refractivity contribution in [1.29, 1.82) is 0 Å². The van der Waals surface area contributed by atoms with Crippen LogP contribution in [0.4, 0.5) is 10.6 Å². The molecule has 2 aromatic carbocycles. The number of benzene rings is 2. The molecule has 0 radical (unpaired) electrons. The second kappa shape index (κ2) is 8.12. The van der Waals surface area contributed by atoms with Gasteiger partial charge in [-0.15, -0.1) is 5.10 Å². The molecule has 3 aromatic rings. The molecule has 2 amide bonds. The summed E-state index contributed by atoms with van der Waals surface area (Å²) in [5.74, 6) is 0.494. The van der Waals surface area contributed by atoms with Crippen LogP contribution in [-0.4, -0.2) is 27.5 Å². The number of aliphatic hydroxyl groups excluding tert-OH is 1. The molecule has 128 valence electrons. The molecule has 6 nitrogen and oxygen atoms in total. The van der Waals surface area contributed by atoms with Gasteiger partial charge in [-0.05, 0) is 29.7 Å². The lowest BCUT2D eigenvalue weighted by atomic mass is 10.1. The fourth-order valence-corrected chi connectivity index (χ4v) is 2.41. The molecule has 1 aromatic heterocycles. The van der Waals surface area contributed by atoms with E-state index in [-0.39, 0.29) is 12.6 Å². The molecule has 3 rings (SSSR count). The maximum absolute atomic E-state index is 11.9. The quantitative estimate of drug-likeness (QED) is 0.647. The number of nitrogens with zero attached hydrogens (tertiary/aromatic N) is 2. The van der Waals surface area contributed by atoms with Gasteiger partial charge in [0.15, 0.2) is 5.82 Å². The Balaban J connectivity index is 1.47. The number of carbonyl (C=O) groups excluding carboxylic acids is 1. The van der Waals surface area contributed by atoms with Crippen LogP contribution in [0, 0.1) is 0 Å². The molecular formula is C19H20N4O2. The zero-order chi connectivity index (χ0) is 17.5. The molecule has 0 atom stereocenters. The predicted octanol–water partition coefficient (Wildman–Crippen LogP) is 2.73. The summed E-state index contributed by atoms with van der Waals surface area (Å²) in [4.78, 5) is 11.9. The van der Waals surface area contributed by atoms with Gasteiger partial charge < -0.3 is 10.4 Å². The molecule has 3 N–H and O–H groups in total. The number of aliphatic hydroxyl groups is 1. The number of hydrogen-bond acceptors (Lipinski definition) is 3. The van der Waals surface area contributed by atoms with E-state index in [4.69, 9.17) is 5.11 Å². The minimum Gasteiger partial charge on any atom is -0.392 e. The van der Waals surface area contributed by atoms with Crippen molar-refractivity contribution in [3.05, 3.63) is 78.0 Å². The Morgan fingerprint density at radius 1 is 1.00 bits per heavy atom. The number of anilines is 1.